The van der Waals surface area contributed by atoms with Crippen molar-refractivity contribution in [2.75, 3.05) is 51.8 Å². The van der Waals surface area contributed by atoms with E-state index in [2.05, 4.69) is 15.1 Å². The molecule has 9 nitrogen and oxygen atoms in total. The maximum Gasteiger partial charge on any atom is 0.254 e. The van der Waals surface area contributed by atoms with Crippen LogP contribution in [-0.2, 0) is 4.79 Å². The fraction of sp³-hybridized carbons (Fsp3) is 0.379. The largest absolute Gasteiger partial charge is 0.493 e. The van der Waals surface area contributed by atoms with Crippen LogP contribution in [0.5, 0.6) is 11.5 Å². The van der Waals surface area contributed by atoms with Crippen LogP contribution in [0.3, 0.4) is 0 Å². The molecule has 0 saturated carbocycles. The second-order valence-electron chi connectivity index (χ2n) is 9.27. The summed E-state index contributed by atoms with van der Waals surface area (Å²) in [6, 6.07) is 18.6. The van der Waals surface area contributed by atoms with Crippen LogP contribution in [-0.4, -0.2) is 84.8 Å². The molecule has 1 aliphatic heterocycles. The molecule has 200 valence electrons. The number of piperazine rings is 1. The first kappa shape index (κ1) is 26.9. The lowest BCUT2D eigenvalue weighted by atomic mass is 10.1. The lowest BCUT2D eigenvalue weighted by Gasteiger charge is -2.37. The highest BCUT2D eigenvalue weighted by molar-refractivity contribution is 5.96. The van der Waals surface area contributed by atoms with E-state index in [0.717, 1.165) is 23.5 Å². The van der Waals surface area contributed by atoms with Gasteiger partial charge in [-0.15, -0.1) is 10.2 Å². The lowest BCUT2D eigenvalue weighted by molar-refractivity contribution is -0.132. The third kappa shape index (κ3) is 6.04. The van der Waals surface area contributed by atoms with Gasteiger partial charge >= 0.3 is 0 Å². The molecule has 1 atom stereocenters. The van der Waals surface area contributed by atoms with Crippen molar-refractivity contribution in [1.82, 2.24) is 20.0 Å². The molecule has 2 amide bonds. The fourth-order valence-corrected chi connectivity index (χ4v) is 4.47. The van der Waals surface area contributed by atoms with Crippen molar-refractivity contribution in [1.29, 1.82) is 0 Å². The molecule has 1 fully saturated rings. The van der Waals surface area contributed by atoms with Crippen LogP contribution in [0.15, 0.2) is 60.7 Å². The van der Waals surface area contributed by atoms with E-state index in [1.54, 1.807) is 31.3 Å². The SMILES string of the molecule is CC[C@H](C)N(CC(=O)N1CCN(c2ccc(-c3ccc(OC)c(OC)c3)nn2)CC1)C(=O)c1ccccc1. The van der Waals surface area contributed by atoms with Gasteiger partial charge in [0.25, 0.3) is 5.91 Å². The van der Waals surface area contributed by atoms with Crippen LogP contribution in [0, 0.1) is 0 Å². The molecule has 0 unspecified atom stereocenters. The molecule has 38 heavy (non-hydrogen) atoms. The summed E-state index contributed by atoms with van der Waals surface area (Å²) in [7, 11) is 3.20. The van der Waals surface area contributed by atoms with E-state index >= 15 is 0 Å². The average Bonchev–Trinajstić information content (AvgIpc) is 2.99. The second kappa shape index (κ2) is 12.4. The molecule has 0 bridgehead atoms. The number of anilines is 1. The van der Waals surface area contributed by atoms with Gasteiger partial charge in [0, 0.05) is 43.3 Å². The highest BCUT2D eigenvalue weighted by Gasteiger charge is 2.28. The Morgan fingerprint density at radius 2 is 1.63 bits per heavy atom. The summed E-state index contributed by atoms with van der Waals surface area (Å²) in [5.41, 5.74) is 2.21. The van der Waals surface area contributed by atoms with Crippen LogP contribution < -0.4 is 14.4 Å². The number of ether oxygens (including phenoxy) is 2. The van der Waals surface area contributed by atoms with Crippen molar-refractivity contribution in [3.8, 4) is 22.8 Å². The van der Waals surface area contributed by atoms with Gasteiger partial charge in [-0.05, 0) is 55.8 Å². The van der Waals surface area contributed by atoms with Gasteiger partial charge in [0.2, 0.25) is 5.91 Å². The van der Waals surface area contributed by atoms with Crippen molar-refractivity contribution in [2.45, 2.75) is 26.3 Å². The number of rotatable bonds is 9. The summed E-state index contributed by atoms with van der Waals surface area (Å²) in [4.78, 5) is 31.9. The van der Waals surface area contributed by atoms with Crippen LogP contribution in [0.1, 0.15) is 30.6 Å². The lowest BCUT2D eigenvalue weighted by Crippen LogP contribution is -2.53. The number of aromatic nitrogens is 2. The maximum absolute atomic E-state index is 13.2. The van der Waals surface area contributed by atoms with Crippen molar-refractivity contribution in [3.05, 3.63) is 66.2 Å². The highest BCUT2D eigenvalue weighted by atomic mass is 16.5. The Hall–Kier alpha value is -4.14. The van der Waals surface area contributed by atoms with Crippen LogP contribution in [0.4, 0.5) is 5.82 Å². The molecule has 0 radical (unpaired) electrons. The van der Waals surface area contributed by atoms with Gasteiger partial charge < -0.3 is 24.2 Å². The van der Waals surface area contributed by atoms with Gasteiger partial charge in [-0.2, -0.15) is 0 Å². The molecule has 9 heteroatoms. The summed E-state index contributed by atoms with van der Waals surface area (Å²) in [5, 5.41) is 8.85. The Bertz CT molecular complexity index is 1230. The van der Waals surface area contributed by atoms with E-state index in [1.807, 2.05) is 67.3 Å². The van der Waals surface area contributed by atoms with Crippen LogP contribution >= 0.6 is 0 Å². The molecule has 0 aliphatic carbocycles. The number of amides is 2. The summed E-state index contributed by atoms with van der Waals surface area (Å²) in [6.45, 7) is 6.49. The van der Waals surface area contributed by atoms with E-state index in [0.29, 0.717) is 43.2 Å². The quantitative estimate of drug-likeness (QED) is 0.427. The first-order valence-electron chi connectivity index (χ1n) is 12.9. The topological polar surface area (TPSA) is 88.1 Å². The van der Waals surface area contributed by atoms with Crippen molar-refractivity contribution < 1.29 is 19.1 Å². The second-order valence-corrected chi connectivity index (χ2v) is 9.27. The van der Waals surface area contributed by atoms with E-state index in [4.69, 9.17) is 9.47 Å². The maximum atomic E-state index is 13.2. The first-order chi connectivity index (χ1) is 18.4. The number of benzene rings is 2. The van der Waals surface area contributed by atoms with Crippen LogP contribution in [0.25, 0.3) is 11.3 Å². The summed E-state index contributed by atoms with van der Waals surface area (Å²) < 4.78 is 10.7. The first-order valence-corrected chi connectivity index (χ1v) is 12.9. The average molecular weight is 518 g/mol. The van der Waals surface area contributed by atoms with Crippen molar-refractivity contribution in [2.24, 2.45) is 0 Å². The van der Waals surface area contributed by atoms with Gasteiger partial charge in [0.05, 0.1) is 19.9 Å². The molecule has 4 rings (SSSR count). The highest BCUT2D eigenvalue weighted by Crippen LogP contribution is 2.31. The van der Waals surface area contributed by atoms with E-state index in [-0.39, 0.29) is 24.4 Å². The molecular weight excluding hydrogens is 482 g/mol. The van der Waals surface area contributed by atoms with E-state index in [1.165, 1.54) is 0 Å². The molecule has 2 aromatic carbocycles. The number of carbonyl (C=O) groups excluding carboxylic acids is 2. The Morgan fingerprint density at radius 1 is 0.921 bits per heavy atom. The molecule has 2 heterocycles. The summed E-state index contributed by atoms with van der Waals surface area (Å²) >= 11 is 0. The number of carbonyl (C=O) groups is 2. The fourth-order valence-electron chi connectivity index (χ4n) is 4.47. The molecule has 0 N–H and O–H groups in total. The zero-order chi connectivity index (χ0) is 27.1. The molecule has 1 saturated heterocycles. The number of hydrogen-bond donors (Lipinski definition) is 0. The van der Waals surface area contributed by atoms with Gasteiger partial charge in [-0.1, -0.05) is 25.1 Å². The Morgan fingerprint density at radius 3 is 2.24 bits per heavy atom. The number of nitrogens with zero attached hydrogens (tertiary/aromatic N) is 5. The predicted octanol–water partition coefficient (Wildman–Crippen LogP) is 3.75. The minimum absolute atomic E-state index is 0.0348. The zero-order valence-corrected chi connectivity index (χ0v) is 22.5. The van der Waals surface area contributed by atoms with Gasteiger partial charge in [0.1, 0.15) is 6.54 Å². The normalized spacial score (nSPS) is 14.1. The summed E-state index contributed by atoms with van der Waals surface area (Å²) in [6.07, 6.45) is 0.775. The molecule has 3 aromatic rings. The smallest absolute Gasteiger partial charge is 0.254 e. The van der Waals surface area contributed by atoms with Gasteiger partial charge in [-0.3, -0.25) is 9.59 Å². The number of hydrogen-bond acceptors (Lipinski definition) is 7. The molecule has 1 aromatic heterocycles. The monoisotopic (exact) mass is 517 g/mol. The van der Waals surface area contributed by atoms with Crippen molar-refractivity contribution in [3.63, 3.8) is 0 Å². The summed E-state index contributed by atoms with van der Waals surface area (Å²) in [5.74, 6) is 1.90. The van der Waals surface area contributed by atoms with Crippen LogP contribution in [0.2, 0.25) is 0 Å². The molecule has 0 spiro atoms. The third-order valence-electron chi connectivity index (χ3n) is 7.00. The van der Waals surface area contributed by atoms with E-state index < -0.39 is 0 Å². The minimum Gasteiger partial charge on any atom is -0.493 e. The number of methoxy groups -OCH3 is 2. The Balaban J connectivity index is 1.36. The molecule has 1 aliphatic rings. The molecular formula is C29H35N5O4. The Labute approximate surface area is 224 Å². The minimum atomic E-state index is -0.114. The van der Waals surface area contributed by atoms with Gasteiger partial charge in [0.15, 0.2) is 17.3 Å². The zero-order valence-electron chi connectivity index (χ0n) is 22.5. The standard InChI is InChI=1S/C29H35N5O4/c1-5-21(2)34(29(36)22-9-7-6-8-10-22)20-28(35)33-17-15-32(16-18-33)27-14-12-24(30-31-27)23-11-13-25(37-3)26(19-23)38-4/h6-14,19,21H,5,15-18,20H2,1-4H3/t21-/m0/s1. The van der Waals surface area contributed by atoms with Gasteiger partial charge in [-0.25, -0.2) is 0 Å². The van der Waals surface area contributed by atoms with Crippen molar-refractivity contribution >= 4 is 17.6 Å². The predicted molar refractivity (Wildman–Crippen MR) is 147 cm³/mol. The van der Waals surface area contributed by atoms with E-state index in [9.17, 15) is 9.59 Å². The Kier molecular flexibility index (Phi) is 8.78. The third-order valence-corrected chi connectivity index (χ3v) is 7.00.